The normalized spacial score (nSPS) is 6.96. The van der Waals surface area contributed by atoms with E-state index in [2.05, 4.69) is 0 Å². The zero-order valence-corrected chi connectivity index (χ0v) is 17.5. The average Bonchev–Trinajstić information content (AvgIpc) is 1.41. The summed E-state index contributed by atoms with van der Waals surface area (Å²) in [7, 11) is -15.5. The maximum Gasteiger partial charge on any atom is 3.00 e. The van der Waals surface area contributed by atoms with Gasteiger partial charge in [-0.2, -0.15) is 0 Å². The third kappa shape index (κ3) is 4250. The minimum absolute atomic E-state index is 0. The Morgan fingerprint density at radius 3 is 0.320 bits per heavy atom. The van der Waals surface area contributed by atoms with Crippen LogP contribution in [0.3, 0.4) is 0 Å². The van der Waals surface area contributed by atoms with E-state index in [0.717, 1.165) is 0 Å². The first-order chi connectivity index (χ1) is 6.00. The Hall–Kier alpha value is 1.86. The van der Waals surface area contributed by atoms with Crippen molar-refractivity contribution in [1.29, 1.82) is 0 Å². The molecule has 25 heavy (non-hydrogen) atoms. The molecule has 0 amide bonds. The first-order valence-corrected chi connectivity index (χ1v) is 6.00. The van der Waals surface area contributed by atoms with Crippen LogP contribution in [0.1, 0.15) is 0 Å². The van der Waals surface area contributed by atoms with Gasteiger partial charge in [-0.15, -0.1) is 0 Å². The topological polar surface area (TPSA) is 493 Å². The standard InChI is InChI=1S/3H2O4S.8H2O.2Tb/c3*1-5(2,3)4;;;;;;;;;;/h3*(H2,1,2,3,4);8*1H2;;/q;;;;;;;;;;;2*+3/p-6. The molecule has 0 aromatic heterocycles. The van der Waals surface area contributed by atoms with Crippen molar-refractivity contribution in [1.82, 2.24) is 0 Å². The largest absolute Gasteiger partial charge is 3.00 e. The zero-order chi connectivity index (χ0) is 13.5. The summed E-state index contributed by atoms with van der Waals surface area (Å²) < 4.78 is 102. The molecule has 0 bridgehead atoms. The summed E-state index contributed by atoms with van der Waals surface area (Å²) in [4.78, 5) is 0. The number of hydrogen-bond donors (Lipinski definition) is 0. The van der Waals surface area contributed by atoms with Crippen molar-refractivity contribution >= 4 is 31.2 Å². The van der Waals surface area contributed by atoms with Gasteiger partial charge in [0.15, 0.2) is 0 Å². The molecule has 0 fully saturated rings. The molecule has 16 N–H and O–H groups in total. The second-order valence-electron chi connectivity index (χ2n) is 1.22. The minimum atomic E-state index is -5.17. The minimum Gasteiger partial charge on any atom is -0.759 e. The molecule has 0 atom stereocenters. The Balaban J connectivity index is -0.00000000655. The van der Waals surface area contributed by atoms with Crippen molar-refractivity contribution in [3.63, 3.8) is 0 Å². The van der Waals surface area contributed by atoms with Gasteiger partial charge in [0, 0.05) is 31.2 Å². The van der Waals surface area contributed by atoms with E-state index in [0.29, 0.717) is 0 Å². The maximum atomic E-state index is 8.52. The Morgan fingerprint density at radius 2 is 0.320 bits per heavy atom. The fraction of sp³-hybridized carbons (Fsp3) is 0. The summed E-state index contributed by atoms with van der Waals surface area (Å²) in [6.07, 6.45) is 0. The van der Waals surface area contributed by atoms with Crippen LogP contribution >= 0.6 is 0 Å². The zero-order valence-electron chi connectivity index (χ0n) is 10.8. The Morgan fingerprint density at radius 1 is 0.320 bits per heavy atom. The third-order valence-corrected chi connectivity index (χ3v) is 0. The van der Waals surface area contributed by atoms with E-state index >= 15 is 0 Å². The summed E-state index contributed by atoms with van der Waals surface area (Å²) in [6.45, 7) is 0. The van der Waals surface area contributed by atoms with E-state index < -0.39 is 31.2 Å². The van der Waals surface area contributed by atoms with Crippen molar-refractivity contribution in [2.24, 2.45) is 0 Å². The number of rotatable bonds is 0. The van der Waals surface area contributed by atoms with E-state index in [1.54, 1.807) is 0 Å². The van der Waals surface area contributed by atoms with E-state index in [1.807, 2.05) is 0 Å². The quantitative estimate of drug-likeness (QED) is 0.165. The van der Waals surface area contributed by atoms with Crippen LogP contribution in [0.4, 0.5) is 0 Å². The molecule has 0 heterocycles. The molecule has 0 radical (unpaired) electrons. The molecule has 0 aliphatic heterocycles. The van der Waals surface area contributed by atoms with Crippen molar-refractivity contribution in [3.05, 3.63) is 0 Å². The van der Waals surface area contributed by atoms with Crippen LogP contribution in [0.2, 0.25) is 0 Å². The van der Waals surface area contributed by atoms with Crippen molar-refractivity contribution < 1.29 is 174 Å². The van der Waals surface area contributed by atoms with Gasteiger partial charge in [0.1, 0.15) is 0 Å². The summed E-state index contributed by atoms with van der Waals surface area (Å²) in [5.74, 6) is 0. The molecule has 0 saturated carbocycles. The molecule has 172 valence electrons. The molecule has 25 heteroatoms. The van der Waals surface area contributed by atoms with E-state index in [1.165, 1.54) is 0 Å². The van der Waals surface area contributed by atoms with Gasteiger partial charge in [0.25, 0.3) is 0 Å². The summed E-state index contributed by atoms with van der Waals surface area (Å²) in [5, 5.41) is 0. The van der Waals surface area contributed by atoms with Crippen LogP contribution in [0.5, 0.6) is 0 Å². The molecule has 0 rings (SSSR count). The first kappa shape index (κ1) is 93.5. The molecule has 0 aromatic carbocycles. The predicted octanol–water partition coefficient (Wildman–Crippen LogP) is -10.6. The Kier molecular flexibility index (Phi) is 152. The molecule has 0 aliphatic rings. The second kappa shape index (κ2) is 40.5. The molecule has 0 aromatic rings. The molecule has 20 nitrogen and oxygen atoms in total. The van der Waals surface area contributed by atoms with Gasteiger partial charge in [-0.25, -0.2) is 0 Å². The first-order valence-electron chi connectivity index (χ1n) is 2.00. The summed E-state index contributed by atoms with van der Waals surface area (Å²) >= 11 is 0. The SMILES string of the molecule is O.O.O.O.O.O.O.O.O=S(=O)([O-])[O-].O=S(=O)([O-])[O-].O=S(=O)([O-])[O-].[Tb+3].[Tb+3]. The van der Waals surface area contributed by atoms with Crippen LogP contribution in [-0.2, 0) is 31.2 Å². The molecule has 0 aliphatic carbocycles. The van der Waals surface area contributed by atoms with Crippen molar-refractivity contribution in [2.75, 3.05) is 0 Å². The average molecular weight is 750 g/mol. The Bertz CT molecular complexity index is 344. The predicted molar refractivity (Wildman–Crippen MR) is 60.3 cm³/mol. The van der Waals surface area contributed by atoms with Gasteiger partial charge in [-0.3, -0.25) is 25.3 Å². The van der Waals surface area contributed by atoms with Gasteiger partial charge >= 0.3 is 77.2 Å². The molecule has 0 unspecified atom stereocenters. The van der Waals surface area contributed by atoms with Gasteiger partial charge in [0.2, 0.25) is 0 Å². The van der Waals surface area contributed by atoms with Gasteiger partial charge < -0.3 is 71.1 Å². The van der Waals surface area contributed by atoms with Crippen LogP contribution in [0.25, 0.3) is 0 Å². The van der Waals surface area contributed by atoms with Crippen LogP contribution in [0.15, 0.2) is 0 Å². The maximum absolute atomic E-state index is 8.52. The third-order valence-electron chi connectivity index (χ3n) is 0. The molecule has 0 spiro atoms. The smallest absolute Gasteiger partial charge is 0.759 e. The van der Waals surface area contributed by atoms with E-state index in [-0.39, 0.29) is 121 Å². The fourth-order valence-corrected chi connectivity index (χ4v) is 0. The van der Waals surface area contributed by atoms with Crippen LogP contribution in [0, 0.1) is 77.2 Å². The number of hydrogen-bond acceptors (Lipinski definition) is 12. The molecule has 0 saturated heterocycles. The molecular formula is H16O20S3Tb2. The fourth-order valence-electron chi connectivity index (χ4n) is 0. The monoisotopic (exact) mass is 750 g/mol. The summed E-state index contributed by atoms with van der Waals surface area (Å²) in [6, 6.07) is 0. The van der Waals surface area contributed by atoms with Crippen molar-refractivity contribution in [3.8, 4) is 0 Å². The Labute approximate surface area is 202 Å². The van der Waals surface area contributed by atoms with Gasteiger partial charge in [-0.1, -0.05) is 0 Å². The summed E-state index contributed by atoms with van der Waals surface area (Å²) in [5.41, 5.74) is 0. The van der Waals surface area contributed by atoms with E-state index in [9.17, 15) is 0 Å². The van der Waals surface area contributed by atoms with Crippen LogP contribution in [-0.4, -0.2) is 96.4 Å². The van der Waals surface area contributed by atoms with Gasteiger partial charge in [0.05, 0.1) is 0 Å². The van der Waals surface area contributed by atoms with E-state index in [4.69, 9.17) is 52.6 Å². The molecular weight excluding hydrogens is 734 g/mol. The second-order valence-corrected chi connectivity index (χ2v) is 3.67. The van der Waals surface area contributed by atoms with Crippen LogP contribution < -0.4 is 0 Å². The van der Waals surface area contributed by atoms with Crippen molar-refractivity contribution in [2.45, 2.75) is 0 Å². The van der Waals surface area contributed by atoms with Gasteiger partial charge in [-0.05, 0) is 0 Å².